The van der Waals surface area contributed by atoms with E-state index in [-0.39, 0.29) is 0 Å². The zero-order valence-electron chi connectivity index (χ0n) is 11.8. The third-order valence-corrected chi connectivity index (χ3v) is 3.08. The lowest BCUT2D eigenvalue weighted by Crippen LogP contribution is -1.97. The molecule has 20 heavy (non-hydrogen) atoms. The van der Waals surface area contributed by atoms with Gasteiger partial charge in [0.25, 0.3) is 0 Å². The van der Waals surface area contributed by atoms with E-state index in [0.717, 1.165) is 16.7 Å². The van der Waals surface area contributed by atoms with Gasteiger partial charge in [-0.3, -0.25) is 0 Å². The number of ether oxygens (including phenoxy) is 3. The van der Waals surface area contributed by atoms with Gasteiger partial charge in [0.05, 0.1) is 21.3 Å². The zero-order chi connectivity index (χ0) is 14.5. The molecule has 0 spiro atoms. The topological polar surface area (TPSA) is 27.7 Å². The summed E-state index contributed by atoms with van der Waals surface area (Å²) in [6, 6.07) is 11.4. The van der Waals surface area contributed by atoms with Gasteiger partial charge in [0.15, 0.2) is 11.5 Å². The van der Waals surface area contributed by atoms with Crippen LogP contribution in [0.15, 0.2) is 36.4 Å². The van der Waals surface area contributed by atoms with E-state index in [2.05, 4.69) is 5.92 Å². The van der Waals surface area contributed by atoms with Crippen LogP contribution in [0.25, 0.3) is 11.1 Å². The molecule has 102 valence electrons. The maximum absolute atomic E-state index is 5.56. The highest BCUT2D eigenvalue weighted by molar-refractivity contribution is 5.80. The highest BCUT2D eigenvalue weighted by Gasteiger charge is 2.18. The first-order chi connectivity index (χ1) is 9.76. The number of rotatable bonds is 4. The monoisotopic (exact) mass is 268 g/mol. The van der Waals surface area contributed by atoms with Crippen LogP contribution in [-0.4, -0.2) is 21.3 Å². The lowest BCUT2D eigenvalue weighted by Gasteiger charge is -2.16. The molecule has 0 fully saturated rings. The molecule has 0 saturated carbocycles. The fourth-order valence-electron chi connectivity index (χ4n) is 2.16. The molecule has 0 aromatic heterocycles. The van der Waals surface area contributed by atoms with Gasteiger partial charge in [-0.25, -0.2) is 0 Å². The quantitative estimate of drug-likeness (QED) is 0.796. The molecule has 2 rings (SSSR count). The van der Waals surface area contributed by atoms with Crippen molar-refractivity contribution >= 4 is 0 Å². The fourth-order valence-corrected chi connectivity index (χ4v) is 2.16. The van der Waals surface area contributed by atoms with Crippen molar-refractivity contribution in [2.75, 3.05) is 21.3 Å². The standard InChI is InChI=1S/C17H16O3/c1-5-12-8-6-7-9-13(12)14-10-11-15(18-2)17(20-4)16(14)19-3/h1,6-11H,2-4H3. The molecule has 0 saturated heterocycles. The van der Waals surface area contributed by atoms with Crippen LogP contribution < -0.4 is 14.2 Å². The van der Waals surface area contributed by atoms with Crippen LogP contribution in [0.2, 0.25) is 0 Å². The molecule has 0 amide bonds. The molecule has 0 aliphatic carbocycles. The maximum Gasteiger partial charge on any atom is 0.203 e. The second kappa shape index (κ2) is 6.03. The third kappa shape index (κ3) is 2.28. The van der Waals surface area contributed by atoms with Crippen molar-refractivity contribution in [1.82, 2.24) is 0 Å². The van der Waals surface area contributed by atoms with Crippen molar-refractivity contribution in [2.24, 2.45) is 0 Å². The third-order valence-electron chi connectivity index (χ3n) is 3.08. The molecule has 0 aliphatic heterocycles. The molecular formula is C17H16O3. The Bertz CT molecular complexity index is 654. The first-order valence-electron chi connectivity index (χ1n) is 6.11. The summed E-state index contributed by atoms with van der Waals surface area (Å²) in [7, 11) is 4.77. The normalized spacial score (nSPS) is 9.70. The van der Waals surface area contributed by atoms with Gasteiger partial charge in [0, 0.05) is 16.7 Å². The van der Waals surface area contributed by atoms with Crippen molar-refractivity contribution in [3.05, 3.63) is 42.0 Å². The summed E-state index contributed by atoms with van der Waals surface area (Å²) < 4.78 is 16.2. The van der Waals surface area contributed by atoms with E-state index in [1.807, 2.05) is 36.4 Å². The Morgan fingerprint density at radius 2 is 1.50 bits per heavy atom. The minimum absolute atomic E-state index is 0.555. The van der Waals surface area contributed by atoms with E-state index in [0.29, 0.717) is 17.2 Å². The molecule has 0 unspecified atom stereocenters. The average molecular weight is 268 g/mol. The molecule has 2 aromatic rings. The van der Waals surface area contributed by atoms with Gasteiger partial charge in [-0.15, -0.1) is 6.42 Å². The van der Waals surface area contributed by atoms with Crippen LogP contribution in [-0.2, 0) is 0 Å². The van der Waals surface area contributed by atoms with E-state index < -0.39 is 0 Å². The Morgan fingerprint density at radius 1 is 0.800 bits per heavy atom. The van der Waals surface area contributed by atoms with E-state index in [4.69, 9.17) is 20.6 Å². The van der Waals surface area contributed by atoms with Gasteiger partial charge in [-0.2, -0.15) is 0 Å². The van der Waals surface area contributed by atoms with Crippen molar-refractivity contribution in [1.29, 1.82) is 0 Å². The van der Waals surface area contributed by atoms with Crippen molar-refractivity contribution in [3.8, 4) is 40.7 Å². The molecular weight excluding hydrogens is 252 g/mol. The minimum atomic E-state index is 0.555. The second-order valence-electron chi connectivity index (χ2n) is 4.07. The summed E-state index contributed by atoms with van der Waals surface area (Å²) in [5, 5.41) is 0. The Labute approximate surface area is 119 Å². The Morgan fingerprint density at radius 3 is 2.10 bits per heavy atom. The SMILES string of the molecule is C#Cc1ccccc1-c1ccc(OC)c(OC)c1OC. The van der Waals surface area contributed by atoms with Crippen LogP contribution in [0.1, 0.15) is 5.56 Å². The molecule has 0 aliphatic rings. The molecule has 0 radical (unpaired) electrons. The Hall–Kier alpha value is -2.60. The van der Waals surface area contributed by atoms with Gasteiger partial charge >= 0.3 is 0 Å². The van der Waals surface area contributed by atoms with Crippen LogP contribution in [0.5, 0.6) is 17.2 Å². The molecule has 3 heteroatoms. The summed E-state index contributed by atoms with van der Waals surface area (Å²) in [5.74, 6) is 4.46. The summed E-state index contributed by atoms with van der Waals surface area (Å²) in [5.41, 5.74) is 2.60. The second-order valence-corrected chi connectivity index (χ2v) is 4.07. The number of hydrogen-bond donors (Lipinski definition) is 0. The number of hydrogen-bond acceptors (Lipinski definition) is 3. The van der Waals surface area contributed by atoms with Gasteiger partial charge in [-0.1, -0.05) is 24.1 Å². The van der Waals surface area contributed by atoms with E-state index in [1.54, 1.807) is 21.3 Å². The van der Waals surface area contributed by atoms with E-state index in [1.165, 1.54) is 0 Å². The lowest BCUT2D eigenvalue weighted by molar-refractivity contribution is 0.325. The lowest BCUT2D eigenvalue weighted by atomic mass is 9.98. The molecule has 0 atom stereocenters. The maximum atomic E-state index is 5.56. The highest BCUT2D eigenvalue weighted by Crippen LogP contribution is 2.44. The zero-order valence-corrected chi connectivity index (χ0v) is 11.8. The Balaban J connectivity index is 2.72. The molecule has 3 nitrogen and oxygen atoms in total. The van der Waals surface area contributed by atoms with Crippen LogP contribution in [0.4, 0.5) is 0 Å². The summed E-state index contributed by atoms with van der Waals surface area (Å²) >= 11 is 0. The highest BCUT2D eigenvalue weighted by atomic mass is 16.5. The van der Waals surface area contributed by atoms with Crippen molar-refractivity contribution in [2.45, 2.75) is 0 Å². The number of benzene rings is 2. The summed E-state index contributed by atoms with van der Waals surface area (Å²) in [6.45, 7) is 0. The van der Waals surface area contributed by atoms with E-state index in [9.17, 15) is 0 Å². The van der Waals surface area contributed by atoms with Gasteiger partial charge in [0.2, 0.25) is 5.75 Å². The van der Waals surface area contributed by atoms with Crippen molar-refractivity contribution in [3.63, 3.8) is 0 Å². The number of terminal acetylenes is 1. The molecule has 2 aromatic carbocycles. The first kappa shape index (κ1) is 13.8. The van der Waals surface area contributed by atoms with Gasteiger partial charge in [-0.05, 0) is 18.2 Å². The van der Waals surface area contributed by atoms with Crippen LogP contribution in [0.3, 0.4) is 0 Å². The smallest absolute Gasteiger partial charge is 0.203 e. The largest absolute Gasteiger partial charge is 0.493 e. The number of methoxy groups -OCH3 is 3. The molecule has 0 bridgehead atoms. The van der Waals surface area contributed by atoms with Gasteiger partial charge in [0.1, 0.15) is 0 Å². The van der Waals surface area contributed by atoms with Gasteiger partial charge < -0.3 is 14.2 Å². The minimum Gasteiger partial charge on any atom is -0.493 e. The van der Waals surface area contributed by atoms with Crippen LogP contribution >= 0.6 is 0 Å². The predicted octanol–water partition coefficient (Wildman–Crippen LogP) is 3.36. The first-order valence-corrected chi connectivity index (χ1v) is 6.11. The van der Waals surface area contributed by atoms with Crippen molar-refractivity contribution < 1.29 is 14.2 Å². The Kier molecular flexibility index (Phi) is 4.17. The predicted molar refractivity (Wildman–Crippen MR) is 79.5 cm³/mol. The molecule has 0 N–H and O–H groups in total. The summed E-state index contributed by atoms with van der Waals surface area (Å²) in [6.07, 6.45) is 5.56. The summed E-state index contributed by atoms with van der Waals surface area (Å²) in [4.78, 5) is 0. The fraction of sp³-hybridized carbons (Fsp3) is 0.176. The van der Waals surface area contributed by atoms with Crippen LogP contribution in [0, 0.1) is 12.3 Å². The van der Waals surface area contributed by atoms with E-state index >= 15 is 0 Å². The average Bonchev–Trinajstić information content (AvgIpc) is 2.53. The molecule has 0 heterocycles.